The highest BCUT2D eigenvalue weighted by molar-refractivity contribution is 7.88. The number of hydrogen-bond acceptors (Lipinski definition) is 3. The Morgan fingerprint density at radius 1 is 1.05 bits per heavy atom. The molecule has 2 aromatic rings. The smallest absolute Gasteiger partial charge is 0.213 e. The van der Waals surface area contributed by atoms with Crippen LogP contribution >= 0.6 is 0 Å². The maximum Gasteiger partial charge on any atom is 0.213 e. The molecule has 0 aromatic heterocycles. The number of nitrogens with one attached hydrogen (secondary N) is 1. The van der Waals surface area contributed by atoms with Crippen molar-refractivity contribution in [2.45, 2.75) is 12.3 Å². The van der Waals surface area contributed by atoms with Gasteiger partial charge in [-0.2, -0.15) is 0 Å². The van der Waals surface area contributed by atoms with Crippen molar-refractivity contribution in [3.05, 3.63) is 65.5 Å². The van der Waals surface area contributed by atoms with Crippen LogP contribution in [0.25, 0.3) is 0 Å². The van der Waals surface area contributed by atoms with Crippen LogP contribution in [0.5, 0.6) is 0 Å². The van der Waals surface area contributed by atoms with Gasteiger partial charge in [-0.1, -0.05) is 30.3 Å². The Kier molecular flexibility index (Phi) is 4.36. The van der Waals surface area contributed by atoms with Gasteiger partial charge in [-0.3, -0.25) is 0 Å². The lowest BCUT2D eigenvalue weighted by Crippen LogP contribution is -2.15. The minimum Gasteiger partial charge on any atom is -0.381 e. The largest absolute Gasteiger partial charge is 0.381 e. The van der Waals surface area contributed by atoms with Crippen LogP contribution in [0.15, 0.2) is 48.5 Å². The molecule has 0 saturated carbocycles. The summed E-state index contributed by atoms with van der Waals surface area (Å²) in [4.78, 5) is 0. The van der Waals surface area contributed by atoms with E-state index in [0.29, 0.717) is 17.8 Å². The first-order valence-electron chi connectivity index (χ1n) is 6.01. The topological polar surface area (TPSA) is 72.2 Å². The van der Waals surface area contributed by atoms with Crippen molar-refractivity contribution in [2.75, 3.05) is 5.32 Å². The van der Waals surface area contributed by atoms with Crippen LogP contribution < -0.4 is 10.5 Å². The SMILES string of the molecule is NS(=O)(=O)Cc1ccccc1NCc1ccc(F)cc1. The van der Waals surface area contributed by atoms with E-state index < -0.39 is 10.0 Å². The number of hydrogen-bond donors (Lipinski definition) is 2. The van der Waals surface area contributed by atoms with Crippen LogP contribution in [0.3, 0.4) is 0 Å². The molecule has 0 unspecified atom stereocenters. The Bertz CT molecular complexity index is 685. The molecule has 0 heterocycles. The van der Waals surface area contributed by atoms with Crippen molar-refractivity contribution in [1.82, 2.24) is 0 Å². The van der Waals surface area contributed by atoms with E-state index in [1.807, 2.05) is 0 Å². The Morgan fingerprint density at radius 2 is 1.70 bits per heavy atom. The van der Waals surface area contributed by atoms with Gasteiger partial charge < -0.3 is 5.32 Å². The molecule has 0 aliphatic carbocycles. The highest BCUT2D eigenvalue weighted by Gasteiger charge is 2.09. The number of anilines is 1. The quantitative estimate of drug-likeness (QED) is 0.888. The first kappa shape index (κ1) is 14.5. The van der Waals surface area contributed by atoms with Crippen molar-refractivity contribution in [1.29, 1.82) is 0 Å². The van der Waals surface area contributed by atoms with Crippen LogP contribution in [-0.2, 0) is 22.3 Å². The molecule has 0 spiro atoms. The molecule has 0 radical (unpaired) electrons. The molecule has 0 bridgehead atoms. The van der Waals surface area contributed by atoms with Crippen molar-refractivity contribution < 1.29 is 12.8 Å². The highest BCUT2D eigenvalue weighted by atomic mass is 32.2. The molecule has 0 aliphatic heterocycles. The fraction of sp³-hybridized carbons (Fsp3) is 0.143. The van der Waals surface area contributed by atoms with Gasteiger partial charge in [-0.25, -0.2) is 17.9 Å². The number of primary sulfonamides is 1. The first-order chi connectivity index (χ1) is 9.44. The molecule has 4 nitrogen and oxygen atoms in total. The second-order valence-electron chi connectivity index (χ2n) is 4.44. The van der Waals surface area contributed by atoms with Gasteiger partial charge in [-0.15, -0.1) is 0 Å². The molecule has 0 aliphatic rings. The summed E-state index contributed by atoms with van der Waals surface area (Å²) >= 11 is 0. The molecule has 106 valence electrons. The zero-order valence-electron chi connectivity index (χ0n) is 10.7. The predicted molar refractivity (Wildman–Crippen MR) is 77.0 cm³/mol. The number of benzene rings is 2. The lowest BCUT2D eigenvalue weighted by molar-refractivity contribution is 0.597. The molecule has 3 N–H and O–H groups in total. The predicted octanol–water partition coefficient (Wildman–Crippen LogP) is 2.23. The normalized spacial score (nSPS) is 11.3. The van der Waals surface area contributed by atoms with Gasteiger partial charge in [0.1, 0.15) is 5.82 Å². The average Bonchev–Trinajstić information content (AvgIpc) is 2.38. The standard InChI is InChI=1S/C14H15FN2O2S/c15-13-7-5-11(6-8-13)9-17-14-4-2-1-3-12(14)10-20(16,18)19/h1-8,17H,9-10H2,(H2,16,18,19). The van der Waals surface area contributed by atoms with E-state index in [-0.39, 0.29) is 11.6 Å². The minimum atomic E-state index is -3.58. The number of sulfonamides is 1. The van der Waals surface area contributed by atoms with Gasteiger partial charge in [0.05, 0.1) is 5.75 Å². The molecule has 2 aromatic carbocycles. The third-order valence-electron chi connectivity index (χ3n) is 2.77. The van der Waals surface area contributed by atoms with E-state index >= 15 is 0 Å². The number of rotatable bonds is 5. The molecule has 0 amide bonds. The Morgan fingerprint density at radius 3 is 2.35 bits per heavy atom. The van der Waals surface area contributed by atoms with Crippen molar-refractivity contribution >= 4 is 15.7 Å². The van der Waals surface area contributed by atoms with E-state index in [1.165, 1.54) is 12.1 Å². The van der Waals surface area contributed by atoms with Crippen LogP contribution in [0.2, 0.25) is 0 Å². The van der Waals surface area contributed by atoms with Gasteiger partial charge in [-0.05, 0) is 29.3 Å². The lowest BCUT2D eigenvalue weighted by atomic mass is 10.2. The summed E-state index contributed by atoms with van der Waals surface area (Å²) < 4.78 is 35.1. The summed E-state index contributed by atoms with van der Waals surface area (Å²) in [6, 6.07) is 13.2. The van der Waals surface area contributed by atoms with E-state index in [2.05, 4.69) is 5.32 Å². The van der Waals surface area contributed by atoms with E-state index in [4.69, 9.17) is 5.14 Å². The molecule has 0 fully saturated rings. The second-order valence-corrected chi connectivity index (χ2v) is 6.06. The monoisotopic (exact) mass is 294 g/mol. The van der Waals surface area contributed by atoms with Gasteiger partial charge >= 0.3 is 0 Å². The zero-order valence-corrected chi connectivity index (χ0v) is 11.5. The fourth-order valence-electron chi connectivity index (χ4n) is 1.83. The highest BCUT2D eigenvalue weighted by Crippen LogP contribution is 2.18. The fourth-order valence-corrected chi connectivity index (χ4v) is 2.52. The molecule has 0 saturated heterocycles. The maximum atomic E-state index is 12.8. The Balaban J connectivity index is 2.11. The molecule has 2 rings (SSSR count). The van der Waals surface area contributed by atoms with Gasteiger partial charge in [0.2, 0.25) is 10.0 Å². The van der Waals surface area contributed by atoms with Gasteiger partial charge in [0.15, 0.2) is 0 Å². The number of nitrogens with two attached hydrogens (primary N) is 1. The Hall–Kier alpha value is -1.92. The molecule has 0 atom stereocenters. The van der Waals surface area contributed by atoms with Crippen LogP contribution in [0.4, 0.5) is 10.1 Å². The van der Waals surface area contributed by atoms with E-state index in [1.54, 1.807) is 36.4 Å². The van der Waals surface area contributed by atoms with Crippen molar-refractivity contribution in [3.8, 4) is 0 Å². The Labute approximate surface area is 117 Å². The molecular weight excluding hydrogens is 279 g/mol. The van der Waals surface area contributed by atoms with Crippen LogP contribution in [0, 0.1) is 5.82 Å². The summed E-state index contributed by atoms with van der Waals surface area (Å²) in [6.07, 6.45) is 0. The van der Waals surface area contributed by atoms with E-state index in [9.17, 15) is 12.8 Å². The van der Waals surface area contributed by atoms with Crippen LogP contribution in [-0.4, -0.2) is 8.42 Å². The number of halogens is 1. The van der Waals surface area contributed by atoms with Crippen LogP contribution in [0.1, 0.15) is 11.1 Å². The van der Waals surface area contributed by atoms with Gasteiger partial charge in [0, 0.05) is 12.2 Å². The average molecular weight is 294 g/mol. The zero-order chi connectivity index (χ0) is 14.6. The molecule has 6 heteroatoms. The summed E-state index contributed by atoms with van der Waals surface area (Å²) in [6.45, 7) is 0.474. The van der Waals surface area contributed by atoms with Crippen molar-refractivity contribution in [3.63, 3.8) is 0 Å². The van der Waals surface area contributed by atoms with Gasteiger partial charge in [0.25, 0.3) is 0 Å². The summed E-state index contributed by atoms with van der Waals surface area (Å²) in [5.74, 6) is -0.511. The molecule has 20 heavy (non-hydrogen) atoms. The number of para-hydroxylation sites is 1. The summed E-state index contributed by atoms with van der Waals surface area (Å²) in [7, 11) is -3.58. The third-order valence-corrected chi connectivity index (χ3v) is 3.48. The second kappa shape index (κ2) is 6.02. The minimum absolute atomic E-state index is 0.223. The summed E-state index contributed by atoms with van der Waals surface area (Å²) in [5, 5.41) is 8.19. The van der Waals surface area contributed by atoms with E-state index in [0.717, 1.165) is 5.56 Å². The lowest BCUT2D eigenvalue weighted by Gasteiger charge is -2.11. The first-order valence-corrected chi connectivity index (χ1v) is 7.72. The maximum absolute atomic E-state index is 12.8. The van der Waals surface area contributed by atoms with Crippen molar-refractivity contribution in [2.24, 2.45) is 5.14 Å². The summed E-state index contributed by atoms with van der Waals surface area (Å²) in [5.41, 5.74) is 2.21. The molecular formula is C14H15FN2O2S. The third kappa shape index (κ3) is 4.32.